The third kappa shape index (κ3) is 5.47. The number of carbonyl (C=O) groups excluding carboxylic acids is 2. The highest BCUT2D eigenvalue weighted by molar-refractivity contribution is 6.00. The topological polar surface area (TPSA) is 113 Å². The monoisotopic (exact) mass is 458 g/mol. The van der Waals surface area contributed by atoms with Crippen molar-refractivity contribution in [1.82, 2.24) is 25.1 Å². The minimum absolute atomic E-state index is 0.218. The molecule has 1 aliphatic rings. The zero-order valence-electron chi connectivity index (χ0n) is 19.3. The number of aryl methyl sites for hydroxylation is 1. The Morgan fingerprint density at radius 1 is 1.29 bits per heavy atom. The second-order valence-corrected chi connectivity index (χ2v) is 8.73. The number of rotatable bonds is 3. The van der Waals surface area contributed by atoms with Gasteiger partial charge in [0.15, 0.2) is 0 Å². The summed E-state index contributed by atoms with van der Waals surface area (Å²) in [5, 5.41) is 16.8. The number of aliphatic hydroxyl groups is 1. The molecule has 1 aliphatic heterocycles. The first-order chi connectivity index (χ1) is 16.2. The van der Waals surface area contributed by atoms with Crippen LogP contribution in [0.1, 0.15) is 42.8 Å². The summed E-state index contributed by atoms with van der Waals surface area (Å²) in [5.41, 5.74) is 2.12. The second-order valence-electron chi connectivity index (χ2n) is 8.73. The van der Waals surface area contributed by atoms with E-state index in [4.69, 9.17) is 0 Å². The van der Waals surface area contributed by atoms with Gasteiger partial charge in [-0.15, -0.1) is 0 Å². The summed E-state index contributed by atoms with van der Waals surface area (Å²) in [6.45, 7) is 3.23. The number of fused-ring (bicyclic) bond motifs is 1. The number of hydrogen-bond acceptors (Lipinski definition) is 6. The van der Waals surface area contributed by atoms with Gasteiger partial charge in [-0.05, 0) is 56.0 Å². The van der Waals surface area contributed by atoms with Gasteiger partial charge in [0.1, 0.15) is 17.5 Å². The first kappa shape index (κ1) is 23.1. The van der Waals surface area contributed by atoms with Gasteiger partial charge in [-0.2, -0.15) is 9.78 Å². The highest BCUT2D eigenvalue weighted by Crippen LogP contribution is 2.27. The summed E-state index contributed by atoms with van der Waals surface area (Å²) >= 11 is 0. The fourth-order valence-corrected chi connectivity index (χ4v) is 3.68. The number of amides is 2. The number of anilines is 1. The van der Waals surface area contributed by atoms with Crippen molar-refractivity contribution in [1.29, 1.82) is 0 Å². The van der Waals surface area contributed by atoms with Crippen LogP contribution in [0.25, 0.3) is 0 Å². The predicted octanol–water partition coefficient (Wildman–Crippen LogP) is 1.92. The van der Waals surface area contributed by atoms with E-state index in [0.29, 0.717) is 30.7 Å². The summed E-state index contributed by atoms with van der Waals surface area (Å²) in [6.07, 6.45) is 8.05. The SMILES string of the molecule is CN1C(=O)[C@H](NC(=O)n2cc(Cc3ncccn3)cn2)CCc2ccc(C#CC(C)(C)O)cc21. The summed E-state index contributed by atoms with van der Waals surface area (Å²) in [5.74, 6) is 6.15. The van der Waals surface area contributed by atoms with E-state index >= 15 is 0 Å². The maximum atomic E-state index is 13.1. The molecule has 0 fully saturated rings. The molecule has 3 heterocycles. The van der Waals surface area contributed by atoms with Gasteiger partial charge >= 0.3 is 6.03 Å². The van der Waals surface area contributed by atoms with Crippen molar-refractivity contribution in [2.75, 3.05) is 11.9 Å². The maximum Gasteiger partial charge on any atom is 0.342 e. The average Bonchev–Trinajstić information content (AvgIpc) is 3.24. The van der Waals surface area contributed by atoms with E-state index in [1.54, 1.807) is 56.6 Å². The molecule has 0 saturated heterocycles. The smallest absolute Gasteiger partial charge is 0.342 e. The normalized spacial score (nSPS) is 15.7. The van der Waals surface area contributed by atoms with Gasteiger partial charge in [-0.3, -0.25) is 4.79 Å². The minimum atomic E-state index is -1.11. The molecule has 0 bridgehead atoms. The van der Waals surface area contributed by atoms with Crippen molar-refractivity contribution in [3.63, 3.8) is 0 Å². The molecule has 1 aromatic carbocycles. The Kier molecular flexibility index (Phi) is 6.43. The maximum absolute atomic E-state index is 13.1. The van der Waals surface area contributed by atoms with Crippen molar-refractivity contribution in [2.24, 2.45) is 0 Å². The van der Waals surface area contributed by atoms with E-state index in [1.165, 1.54) is 4.68 Å². The summed E-state index contributed by atoms with van der Waals surface area (Å²) < 4.78 is 1.19. The minimum Gasteiger partial charge on any atom is -0.378 e. The number of aromatic nitrogens is 4. The van der Waals surface area contributed by atoms with Gasteiger partial charge in [-0.25, -0.2) is 14.8 Å². The van der Waals surface area contributed by atoms with Crippen LogP contribution in [0, 0.1) is 11.8 Å². The van der Waals surface area contributed by atoms with Crippen LogP contribution < -0.4 is 10.2 Å². The van der Waals surface area contributed by atoms with E-state index in [0.717, 1.165) is 16.8 Å². The number of benzene rings is 1. The van der Waals surface area contributed by atoms with Crippen molar-refractivity contribution in [3.05, 3.63) is 71.6 Å². The lowest BCUT2D eigenvalue weighted by Crippen LogP contribution is -2.48. The third-order valence-electron chi connectivity index (χ3n) is 5.41. The first-order valence-electron chi connectivity index (χ1n) is 11.0. The number of hydrogen-bond donors (Lipinski definition) is 2. The fourth-order valence-electron chi connectivity index (χ4n) is 3.68. The van der Waals surface area contributed by atoms with Gasteiger partial charge in [0.05, 0.1) is 6.20 Å². The molecule has 4 rings (SSSR count). The van der Waals surface area contributed by atoms with E-state index in [-0.39, 0.29) is 5.91 Å². The molecule has 0 aliphatic carbocycles. The van der Waals surface area contributed by atoms with E-state index in [2.05, 4.69) is 32.2 Å². The zero-order chi connectivity index (χ0) is 24.3. The summed E-state index contributed by atoms with van der Waals surface area (Å²) in [4.78, 5) is 35.8. The summed E-state index contributed by atoms with van der Waals surface area (Å²) in [7, 11) is 1.69. The Balaban J connectivity index is 1.46. The van der Waals surface area contributed by atoms with Gasteiger partial charge in [-0.1, -0.05) is 17.9 Å². The molecule has 34 heavy (non-hydrogen) atoms. The molecular formula is C25H26N6O3. The standard InChI is InChI=1S/C25H26N6O3/c1-25(2,34)10-9-17-5-6-19-7-8-20(23(32)30(3)21(19)13-17)29-24(33)31-16-18(15-28-31)14-22-26-11-4-12-27-22/h4-6,11-13,15-16,20,34H,7-8,14H2,1-3H3,(H,29,33)/t20-/m1/s1. The second kappa shape index (κ2) is 9.45. The molecule has 2 N–H and O–H groups in total. The molecule has 1 atom stereocenters. The molecule has 0 saturated carbocycles. The van der Waals surface area contributed by atoms with Crippen LogP contribution in [0.5, 0.6) is 0 Å². The molecule has 0 radical (unpaired) electrons. The number of nitrogens with zero attached hydrogens (tertiary/aromatic N) is 5. The largest absolute Gasteiger partial charge is 0.378 e. The van der Waals surface area contributed by atoms with Crippen LogP contribution in [0.3, 0.4) is 0 Å². The number of carbonyl (C=O) groups is 2. The molecule has 9 nitrogen and oxygen atoms in total. The number of nitrogens with one attached hydrogen (secondary N) is 1. The lowest BCUT2D eigenvalue weighted by molar-refractivity contribution is -0.120. The van der Waals surface area contributed by atoms with Crippen LogP contribution in [-0.4, -0.2) is 55.5 Å². The Morgan fingerprint density at radius 2 is 2.06 bits per heavy atom. The van der Waals surface area contributed by atoms with Gasteiger partial charge < -0.3 is 15.3 Å². The van der Waals surface area contributed by atoms with Gasteiger partial charge in [0.25, 0.3) is 0 Å². The molecule has 2 amide bonds. The Hall–Kier alpha value is -4.03. The highest BCUT2D eigenvalue weighted by Gasteiger charge is 2.30. The lowest BCUT2D eigenvalue weighted by Gasteiger charge is -2.22. The van der Waals surface area contributed by atoms with Crippen molar-refractivity contribution < 1.29 is 14.7 Å². The average molecular weight is 459 g/mol. The third-order valence-corrected chi connectivity index (χ3v) is 5.41. The van der Waals surface area contributed by atoms with E-state index in [9.17, 15) is 14.7 Å². The molecule has 174 valence electrons. The number of likely N-dealkylation sites (N-methyl/N-ethyl adjacent to an activating group) is 1. The fraction of sp³-hybridized carbons (Fsp3) is 0.320. The van der Waals surface area contributed by atoms with Gasteiger partial charge in [0.2, 0.25) is 5.91 Å². The first-order valence-corrected chi connectivity index (χ1v) is 11.0. The Bertz CT molecular complexity index is 1270. The van der Waals surface area contributed by atoms with Gasteiger partial charge in [0, 0.05) is 43.3 Å². The van der Waals surface area contributed by atoms with Crippen molar-refractivity contribution >= 4 is 17.6 Å². The van der Waals surface area contributed by atoms with Crippen LogP contribution in [-0.2, 0) is 17.6 Å². The van der Waals surface area contributed by atoms with Crippen molar-refractivity contribution in [3.8, 4) is 11.8 Å². The van der Waals surface area contributed by atoms with Crippen LogP contribution in [0.15, 0.2) is 49.1 Å². The van der Waals surface area contributed by atoms with E-state index < -0.39 is 17.7 Å². The Labute approximate surface area is 197 Å². The molecule has 3 aromatic rings. The molecule has 0 spiro atoms. The summed E-state index contributed by atoms with van der Waals surface area (Å²) in [6, 6.07) is 6.21. The molecule has 2 aromatic heterocycles. The lowest BCUT2D eigenvalue weighted by atomic mass is 10.0. The Morgan fingerprint density at radius 3 is 2.79 bits per heavy atom. The highest BCUT2D eigenvalue weighted by atomic mass is 16.3. The van der Waals surface area contributed by atoms with Crippen LogP contribution in [0.2, 0.25) is 0 Å². The quantitative estimate of drug-likeness (QED) is 0.580. The van der Waals surface area contributed by atoms with Crippen molar-refractivity contribution in [2.45, 2.75) is 44.8 Å². The van der Waals surface area contributed by atoms with E-state index in [1.807, 2.05) is 18.2 Å². The van der Waals surface area contributed by atoms with Crippen LogP contribution in [0.4, 0.5) is 10.5 Å². The molecule has 9 heteroatoms. The molecular weight excluding hydrogens is 432 g/mol. The predicted molar refractivity (Wildman–Crippen MR) is 126 cm³/mol. The zero-order valence-corrected chi connectivity index (χ0v) is 19.3. The van der Waals surface area contributed by atoms with Crippen LogP contribution >= 0.6 is 0 Å². The molecule has 0 unspecified atom stereocenters.